The predicted octanol–water partition coefficient (Wildman–Crippen LogP) is 1.58. The number of imide groups is 1. The summed E-state index contributed by atoms with van der Waals surface area (Å²) in [5.74, 6) is -0.966. The fourth-order valence-electron chi connectivity index (χ4n) is 2.61. The number of hydrogen-bond acceptors (Lipinski definition) is 6. The van der Waals surface area contributed by atoms with Crippen LogP contribution in [-0.2, 0) is 14.3 Å². The lowest BCUT2D eigenvalue weighted by molar-refractivity contribution is -0.170. The molecule has 0 aromatic heterocycles. The summed E-state index contributed by atoms with van der Waals surface area (Å²) in [7, 11) is 1.53. The van der Waals surface area contributed by atoms with Crippen molar-refractivity contribution >= 4 is 23.6 Å². The molecule has 1 fully saturated rings. The molecule has 3 amide bonds. The molecule has 3 N–H and O–H groups in total. The highest BCUT2D eigenvalue weighted by Crippen LogP contribution is 2.29. The second kappa shape index (κ2) is 8.48. The number of methoxy groups -OCH3 is 1. The van der Waals surface area contributed by atoms with Gasteiger partial charge in [0.1, 0.15) is 5.75 Å². The van der Waals surface area contributed by atoms with Crippen LogP contribution in [0.4, 0.5) is 10.5 Å². The van der Waals surface area contributed by atoms with Crippen LogP contribution in [-0.4, -0.2) is 42.3 Å². The molecular weight excluding hydrogens is 328 g/mol. The summed E-state index contributed by atoms with van der Waals surface area (Å²) in [4.78, 5) is 35.3. The van der Waals surface area contributed by atoms with E-state index >= 15 is 0 Å². The van der Waals surface area contributed by atoms with Crippen molar-refractivity contribution in [1.82, 2.24) is 5.32 Å². The number of carbonyl (C=O) groups excluding carboxylic acids is 3. The topological polar surface area (TPSA) is 114 Å². The molecule has 8 nitrogen and oxygen atoms in total. The van der Waals surface area contributed by atoms with E-state index in [1.807, 2.05) is 5.32 Å². The predicted molar refractivity (Wildman–Crippen MR) is 89.1 cm³/mol. The molecule has 0 bridgehead atoms. The third-order valence-electron chi connectivity index (χ3n) is 4.00. The van der Waals surface area contributed by atoms with Gasteiger partial charge in [0.05, 0.1) is 7.11 Å². The van der Waals surface area contributed by atoms with Crippen molar-refractivity contribution in [3.8, 4) is 5.75 Å². The third kappa shape index (κ3) is 5.46. The molecule has 1 aromatic carbocycles. The van der Waals surface area contributed by atoms with Crippen molar-refractivity contribution in [2.45, 2.75) is 37.7 Å². The normalized spacial score (nSPS) is 15.8. The Morgan fingerprint density at radius 1 is 1.12 bits per heavy atom. The maximum Gasteiger partial charge on any atom is 0.338 e. The molecule has 0 heterocycles. The van der Waals surface area contributed by atoms with Crippen molar-refractivity contribution in [3.63, 3.8) is 0 Å². The Balaban J connectivity index is 1.75. The molecule has 0 spiro atoms. The van der Waals surface area contributed by atoms with Gasteiger partial charge >= 0.3 is 12.0 Å². The van der Waals surface area contributed by atoms with Crippen LogP contribution in [0.3, 0.4) is 0 Å². The zero-order valence-corrected chi connectivity index (χ0v) is 14.0. The monoisotopic (exact) mass is 350 g/mol. The van der Waals surface area contributed by atoms with Crippen molar-refractivity contribution in [2.75, 3.05) is 19.0 Å². The largest absolute Gasteiger partial charge is 0.497 e. The first-order valence-electron chi connectivity index (χ1n) is 8.07. The van der Waals surface area contributed by atoms with E-state index in [2.05, 4.69) is 5.32 Å². The lowest BCUT2D eigenvalue weighted by Gasteiger charge is -2.29. The molecule has 1 aliphatic carbocycles. The Hall–Kier alpha value is -2.61. The van der Waals surface area contributed by atoms with Crippen LogP contribution in [0, 0.1) is 0 Å². The second-order valence-corrected chi connectivity index (χ2v) is 5.90. The van der Waals surface area contributed by atoms with Gasteiger partial charge in [0.15, 0.2) is 12.2 Å². The number of urea groups is 1. The smallest absolute Gasteiger partial charge is 0.338 e. The van der Waals surface area contributed by atoms with E-state index in [9.17, 15) is 19.5 Å². The molecule has 25 heavy (non-hydrogen) atoms. The van der Waals surface area contributed by atoms with E-state index in [0.29, 0.717) is 24.3 Å². The summed E-state index contributed by atoms with van der Waals surface area (Å²) in [5, 5.41) is 14.7. The number of aliphatic hydroxyl groups is 1. The molecule has 1 aromatic rings. The lowest BCUT2D eigenvalue weighted by atomic mass is 9.85. The Labute approximate surface area is 145 Å². The summed E-state index contributed by atoms with van der Waals surface area (Å²) in [6, 6.07) is 5.79. The van der Waals surface area contributed by atoms with Crippen LogP contribution in [0.2, 0.25) is 0 Å². The van der Waals surface area contributed by atoms with Crippen LogP contribution in [0.15, 0.2) is 24.3 Å². The fraction of sp³-hybridized carbons (Fsp3) is 0.471. The van der Waals surface area contributed by atoms with Crippen LogP contribution in [0.1, 0.15) is 32.1 Å². The molecular formula is C17H22N2O6. The number of amides is 3. The van der Waals surface area contributed by atoms with Gasteiger partial charge in [-0.25, -0.2) is 9.59 Å². The number of carbonyl (C=O) groups is 3. The van der Waals surface area contributed by atoms with E-state index in [1.165, 1.54) is 7.11 Å². The number of esters is 1. The van der Waals surface area contributed by atoms with Crippen LogP contribution in [0.25, 0.3) is 0 Å². The summed E-state index contributed by atoms with van der Waals surface area (Å²) < 4.78 is 9.83. The van der Waals surface area contributed by atoms with E-state index in [-0.39, 0.29) is 0 Å². The zero-order chi connectivity index (χ0) is 18.3. The Kier molecular flexibility index (Phi) is 6.35. The minimum absolute atomic E-state index is 0.325. The average Bonchev–Trinajstić information content (AvgIpc) is 2.60. The zero-order valence-electron chi connectivity index (χ0n) is 14.0. The van der Waals surface area contributed by atoms with Crippen LogP contribution < -0.4 is 15.4 Å². The molecule has 136 valence electrons. The number of hydrogen-bond donors (Lipinski definition) is 3. The molecule has 0 unspecified atom stereocenters. The minimum Gasteiger partial charge on any atom is -0.497 e. The number of ether oxygens (including phenoxy) is 2. The summed E-state index contributed by atoms with van der Waals surface area (Å²) >= 11 is 0. The molecule has 0 atom stereocenters. The minimum atomic E-state index is -1.52. The van der Waals surface area contributed by atoms with E-state index < -0.39 is 30.1 Å². The summed E-state index contributed by atoms with van der Waals surface area (Å²) in [6.07, 6.45) is 3.09. The first kappa shape index (κ1) is 18.7. The van der Waals surface area contributed by atoms with Crippen molar-refractivity contribution in [2.24, 2.45) is 0 Å². The average molecular weight is 350 g/mol. The van der Waals surface area contributed by atoms with Gasteiger partial charge in [-0.15, -0.1) is 0 Å². The fourth-order valence-corrected chi connectivity index (χ4v) is 2.61. The van der Waals surface area contributed by atoms with Crippen LogP contribution >= 0.6 is 0 Å². The number of benzene rings is 1. The van der Waals surface area contributed by atoms with E-state index in [0.717, 1.165) is 19.3 Å². The highest BCUT2D eigenvalue weighted by molar-refractivity contribution is 6.02. The van der Waals surface area contributed by atoms with Crippen molar-refractivity contribution in [1.29, 1.82) is 0 Å². The van der Waals surface area contributed by atoms with Gasteiger partial charge in [-0.05, 0) is 49.9 Å². The molecule has 0 aliphatic heterocycles. The highest BCUT2D eigenvalue weighted by Gasteiger charge is 2.38. The quantitative estimate of drug-likeness (QED) is 0.695. The Morgan fingerprint density at radius 2 is 1.76 bits per heavy atom. The Morgan fingerprint density at radius 3 is 2.36 bits per heavy atom. The number of anilines is 1. The van der Waals surface area contributed by atoms with Gasteiger partial charge in [0, 0.05) is 5.69 Å². The van der Waals surface area contributed by atoms with Gasteiger partial charge in [-0.3, -0.25) is 10.1 Å². The third-order valence-corrected chi connectivity index (χ3v) is 4.00. The van der Waals surface area contributed by atoms with Crippen LogP contribution in [0.5, 0.6) is 5.75 Å². The first-order valence-corrected chi connectivity index (χ1v) is 8.07. The molecule has 2 rings (SSSR count). The molecule has 0 radical (unpaired) electrons. The second-order valence-electron chi connectivity index (χ2n) is 5.90. The number of nitrogens with one attached hydrogen (secondary N) is 2. The van der Waals surface area contributed by atoms with E-state index in [1.54, 1.807) is 24.3 Å². The highest BCUT2D eigenvalue weighted by atomic mass is 16.6. The molecule has 0 saturated heterocycles. The number of rotatable bonds is 5. The van der Waals surface area contributed by atoms with Gasteiger partial charge in [-0.1, -0.05) is 6.42 Å². The van der Waals surface area contributed by atoms with E-state index in [4.69, 9.17) is 9.47 Å². The maximum atomic E-state index is 11.9. The van der Waals surface area contributed by atoms with Gasteiger partial charge < -0.3 is 19.9 Å². The van der Waals surface area contributed by atoms with Gasteiger partial charge in [-0.2, -0.15) is 0 Å². The van der Waals surface area contributed by atoms with Gasteiger partial charge in [0.25, 0.3) is 5.91 Å². The molecule has 8 heteroatoms. The van der Waals surface area contributed by atoms with Crippen molar-refractivity contribution in [3.05, 3.63) is 24.3 Å². The molecule has 1 saturated carbocycles. The standard InChI is InChI=1S/C17H22N2O6/c1-24-13-7-5-12(6-8-13)18-16(22)19-14(20)11-25-15(21)17(23)9-3-2-4-10-17/h5-8,23H,2-4,9-11H2,1H3,(H2,18,19,20,22). The summed E-state index contributed by atoms with van der Waals surface area (Å²) in [6.45, 7) is -0.628. The SMILES string of the molecule is COc1ccc(NC(=O)NC(=O)COC(=O)C2(O)CCCCC2)cc1. The van der Waals surface area contributed by atoms with Gasteiger partial charge in [0.2, 0.25) is 0 Å². The maximum absolute atomic E-state index is 11.9. The summed E-state index contributed by atoms with van der Waals surface area (Å²) in [5.41, 5.74) is -1.05. The lowest BCUT2D eigenvalue weighted by Crippen LogP contribution is -2.44. The Bertz CT molecular complexity index is 623. The van der Waals surface area contributed by atoms with Crippen molar-refractivity contribution < 1.29 is 29.0 Å². The molecule has 1 aliphatic rings. The first-order chi connectivity index (χ1) is 11.9.